The summed E-state index contributed by atoms with van der Waals surface area (Å²) >= 11 is 0. The predicted molar refractivity (Wildman–Crippen MR) is 137 cm³/mol. The summed E-state index contributed by atoms with van der Waals surface area (Å²) in [4.78, 5) is 34.6. The lowest BCUT2D eigenvalue weighted by molar-refractivity contribution is -0.140. The predicted octanol–water partition coefficient (Wildman–Crippen LogP) is 4.42. The van der Waals surface area contributed by atoms with Gasteiger partial charge in [-0.05, 0) is 75.5 Å². The molecule has 2 aliphatic heterocycles. The molecule has 7 heteroatoms. The van der Waals surface area contributed by atoms with E-state index in [0.29, 0.717) is 19.0 Å². The van der Waals surface area contributed by atoms with E-state index >= 15 is 0 Å². The summed E-state index contributed by atoms with van der Waals surface area (Å²) in [6.07, 6.45) is 12.2. The van der Waals surface area contributed by atoms with Crippen LogP contribution >= 0.6 is 0 Å². The number of aromatic nitrogens is 2. The molecule has 1 saturated heterocycles. The second-order valence-corrected chi connectivity index (χ2v) is 11.3. The molecule has 36 heavy (non-hydrogen) atoms. The standard InChI is InChI=1S/C29H38N4O3/c1-20(34)31-13-3-5-23(17-31)29(35)33(16-21-9-10-21)18-24-15-22(11-12-27(24)36-25-6-2-7-25)26-19-32-14-4-8-28(32)30-26/h11-12,15,19,21,23,25H,2-10,13-14,16-18H2,1H3. The van der Waals surface area contributed by atoms with Crippen LogP contribution in [0.1, 0.15) is 69.7 Å². The Hall–Kier alpha value is -2.83. The van der Waals surface area contributed by atoms with Crippen LogP contribution in [0.15, 0.2) is 24.4 Å². The Morgan fingerprint density at radius 1 is 1.08 bits per heavy atom. The first-order chi connectivity index (χ1) is 17.5. The minimum absolute atomic E-state index is 0.0668. The molecule has 1 aromatic heterocycles. The van der Waals surface area contributed by atoms with Crippen LogP contribution < -0.4 is 4.74 Å². The number of imidazole rings is 1. The van der Waals surface area contributed by atoms with Crippen molar-refractivity contribution in [3.8, 4) is 17.0 Å². The smallest absolute Gasteiger partial charge is 0.227 e. The second-order valence-electron chi connectivity index (χ2n) is 11.3. The lowest BCUT2D eigenvalue weighted by Gasteiger charge is -2.35. The maximum Gasteiger partial charge on any atom is 0.227 e. The fourth-order valence-corrected chi connectivity index (χ4v) is 5.81. The molecule has 0 spiro atoms. The summed E-state index contributed by atoms with van der Waals surface area (Å²) in [5, 5.41) is 0. The van der Waals surface area contributed by atoms with Crippen LogP contribution in [0, 0.1) is 11.8 Å². The molecular weight excluding hydrogens is 452 g/mol. The average molecular weight is 491 g/mol. The molecule has 0 bridgehead atoms. The van der Waals surface area contributed by atoms with Crippen LogP contribution in [0.3, 0.4) is 0 Å². The Balaban J connectivity index is 1.27. The number of aryl methyl sites for hydroxylation is 2. The number of fused-ring (bicyclic) bond motifs is 1. The Kier molecular flexibility index (Phi) is 6.48. The van der Waals surface area contributed by atoms with Crippen molar-refractivity contribution in [1.82, 2.24) is 19.4 Å². The lowest BCUT2D eigenvalue weighted by Crippen LogP contribution is -2.46. The van der Waals surface area contributed by atoms with Gasteiger partial charge in [0, 0.05) is 63.4 Å². The van der Waals surface area contributed by atoms with E-state index in [1.807, 2.05) is 4.90 Å². The van der Waals surface area contributed by atoms with Crippen molar-refractivity contribution in [3.05, 3.63) is 35.8 Å². The number of carbonyl (C=O) groups is 2. The highest BCUT2D eigenvalue weighted by Crippen LogP contribution is 2.35. The third kappa shape index (κ3) is 5.02. The molecule has 6 rings (SSSR count). The zero-order chi connectivity index (χ0) is 24.6. The Morgan fingerprint density at radius 3 is 2.67 bits per heavy atom. The van der Waals surface area contributed by atoms with E-state index in [2.05, 4.69) is 33.9 Å². The minimum Gasteiger partial charge on any atom is -0.490 e. The normalized spacial score (nSPS) is 21.7. The van der Waals surface area contributed by atoms with Gasteiger partial charge in [0.2, 0.25) is 11.8 Å². The van der Waals surface area contributed by atoms with Crippen molar-refractivity contribution in [2.24, 2.45) is 11.8 Å². The first-order valence-electron chi connectivity index (χ1n) is 13.9. The first kappa shape index (κ1) is 23.6. The van der Waals surface area contributed by atoms with Gasteiger partial charge in [-0.1, -0.05) is 0 Å². The molecule has 1 atom stereocenters. The summed E-state index contributed by atoms with van der Waals surface area (Å²) in [5.41, 5.74) is 3.17. The Bertz CT molecular complexity index is 1110. The molecule has 2 aliphatic carbocycles. The van der Waals surface area contributed by atoms with E-state index in [9.17, 15) is 9.59 Å². The molecule has 2 amide bonds. The maximum absolute atomic E-state index is 13.8. The third-order valence-electron chi connectivity index (χ3n) is 8.42. The van der Waals surface area contributed by atoms with Crippen LogP contribution in [0.5, 0.6) is 5.75 Å². The molecule has 0 radical (unpaired) electrons. The van der Waals surface area contributed by atoms with Gasteiger partial charge >= 0.3 is 0 Å². The number of carbonyl (C=O) groups excluding carboxylic acids is 2. The summed E-state index contributed by atoms with van der Waals surface area (Å²) in [6.45, 7) is 5.30. The lowest BCUT2D eigenvalue weighted by atomic mass is 9.95. The van der Waals surface area contributed by atoms with Crippen molar-refractivity contribution in [1.29, 1.82) is 0 Å². The fourth-order valence-electron chi connectivity index (χ4n) is 5.81. The summed E-state index contributed by atoms with van der Waals surface area (Å²) in [6, 6.07) is 6.40. The highest BCUT2D eigenvalue weighted by Gasteiger charge is 2.34. The van der Waals surface area contributed by atoms with Gasteiger partial charge in [-0.3, -0.25) is 9.59 Å². The van der Waals surface area contributed by atoms with Crippen molar-refractivity contribution in [2.75, 3.05) is 19.6 Å². The second kappa shape index (κ2) is 9.91. The fraction of sp³-hybridized carbons (Fsp3) is 0.621. The van der Waals surface area contributed by atoms with E-state index < -0.39 is 0 Å². The van der Waals surface area contributed by atoms with Crippen LogP contribution in [-0.2, 0) is 29.1 Å². The van der Waals surface area contributed by atoms with E-state index in [-0.39, 0.29) is 23.8 Å². The molecule has 0 N–H and O–H groups in total. The van der Waals surface area contributed by atoms with Gasteiger partial charge in [-0.15, -0.1) is 0 Å². The number of hydrogen-bond acceptors (Lipinski definition) is 4. The molecule has 7 nitrogen and oxygen atoms in total. The molecule has 3 heterocycles. The zero-order valence-corrected chi connectivity index (χ0v) is 21.5. The number of ether oxygens (including phenoxy) is 1. The molecule has 2 aromatic rings. The van der Waals surface area contributed by atoms with Crippen LogP contribution in [0.2, 0.25) is 0 Å². The summed E-state index contributed by atoms with van der Waals surface area (Å²) in [7, 11) is 0. The number of nitrogens with zero attached hydrogens (tertiary/aromatic N) is 4. The zero-order valence-electron chi connectivity index (χ0n) is 21.5. The molecular formula is C29H38N4O3. The highest BCUT2D eigenvalue weighted by molar-refractivity contribution is 5.81. The number of amides is 2. The van der Waals surface area contributed by atoms with E-state index in [1.165, 1.54) is 31.5 Å². The number of benzene rings is 1. The summed E-state index contributed by atoms with van der Waals surface area (Å²) < 4.78 is 8.68. The molecule has 3 fully saturated rings. The third-order valence-corrected chi connectivity index (χ3v) is 8.42. The van der Waals surface area contributed by atoms with Gasteiger partial charge in [0.1, 0.15) is 11.6 Å². The van der Waals surface area contributed by atoms with Crippen LogP contribution in [0.25, 0.3) is 11.3 Å². The largest absolute Gasteiger partial charge is 0.490 e. The minimum atomic E-state index is -0.114. The number of hydrogen-bond donors (Lipinski definition) is 0. The molecule has 1 unspecified atom stereocenters. The maximum atomic E-state index is 13.8. The molecule has 192 valence electrons. The van der Waals surface area contributed by atoms with Crippen molar-refractivity contribution in [3.63, 3.8) is 0 Å². The quantitative estimate of drug-likeness (QED) is 0.549. The van der Waals surface area contributed by atoms with Gasteiger partial charge in [-0.2, -0.15) is 0 Å². The van der Waals surface area contributed by atoms with Gasteiger partial charge in [0.25, 0.3) is 0 Å². The Labute approximate surface area is 213 Å². The molecule has 4 aliphatic rings. The van der Waals surface area contributed by atoms with E-state index in [1.54, 1.807) is 6.92 Å². The van der Waals surface area contributed by atoms with Crippen LogP contribution in [0.4, 0.5) is 0 Å². The van der Waals surface area contributed by atoms with E-state index in [0.717, 1.165) is 74.3 Å². The van der Waals surface area contributed by atoms with Crippen molar-refractivity contribution >= 4 is 11.8 Å². The van der Waals surface area contributed by atoms with Gasteiger partial charge < -0.3 is 19.1 Å². The molecule has 2 saturated carbocycles. The van der Waals surface area contributed by atoms with Crippen molar-refractivity contribution in [2.45, 2.75) is 83.9 Å². The van der Waals surface area contributed by atoms with Crippen molar-refractivity contribution < 1.29 is 14.3 Å². The topological polar surface area (TPSA) is 67.7 Å². The van der Waals surface area contributed by atoms with E-state index in [4.69, 9.17) is 9.72 Å². The number of rotatable bonds is 8. The number of piperidine rings is 1. The average Bonchev–Trinajstić information content (AvgIpc) is 3.41. The summed E-state index contributed by atoms with van der Waals surface area (Å²) in [5.74, 6) is 2.80. The molecule has 1 aromatic carbocycles. The van der Waals surface area contributed by atoms with Gasteiger partial charge in [-0.25, -0.2) is 4.98 Å². The SMILES string of the molecule is CC(=O)N1CCCC(C(=O)N(Cc2cc(-c3cn4c(n3)CCC4)ccc2OC2CCC2)CC2CC2)C1. The monoisotopic (exact) mass is 490 g/mol. The highest BCUT2D eigenvalue weighted by atomic mass is 16.5. The van der Waals surface area contributed by atoms with Gasteiger partial charge in [0.15, 0.2) is 0 Å². The Morgan fingerprint density at radius 2 is 1.94 bits per heavy atom. The number of likely N-dealkylation sites (tertiary alicyclic amines) is 1. The van der Waals surface area contributed by atoms with Gasteiger partial charge in [0.05, 0.1) is 17.7 Å². The van der Waals surface area contributed by atoms with Crippen LogP contribution in [-0.4, -0.2) is 56.9 Å². The first-order valence-corrected chi connectivity index (χ1v) is 13.9.